The topological polar surface area (TPSA) is 42.0 Å². The van der Waals surface area contributed by atoms with E-state index >= 15 is 0 Å². The van der Waals surface area contributed by atoms with Crippen molar-refractivity contribution in [1.82, 2.24) is 10.3 Å². The van der Waals surface area contributed by atoms with Crippen LogP contribution in [0.25, 0.3) is 0 Å². The summed E-state index contributed by atoms with van der Waals surface area (Å²) in [4.78, 5) is 16.4. The minimum absolute atomic E-state index is 0.0234. The summed E-state index contributed by atoms with van der Waals surface area (Å²) < 4.78 is 12.9. The summed E-state index contributed by atoms with van der Waals surface area (Å²) in [7, 11) is 0. The Bertz CT molecular complexity index is 669. The number of hydrogen-bond acceptors (Lipinski definition) is 2. The highest BCUT2D eigenvalue weighted by atomic mass is 19.1. The lowest BCUT2D eigenvalue weighted by molar-refractivity contribution is -0.122. The Hall–Kier alpha value is -2.23. The third-order valence-corrected chi connectivity index (χ3v) is 4.20. The Balaban J connectivity index is 1.48. The number of nitrogens with one attached hydrogen (secondary N) is 1. The van der Waals surface area contributed by atoms with Gasteiger partial charge in [-0.2, -0.15) is 0 Å². The summed E-state index contributed by atoms with van der Waals surface area (Å²) in [5, 5.41) is 2.98. The number of aromatic nitrogens is 1. The quantitative estimate of drug-likeness (QED) is 0.922. The molecule has 0 bridgehead atoms. The molecule has 3 rings (SSSR count). The molecule has 3 nitrogen and oxygen atoms in total. The second kappa shape index (κ2) is 6.26. The van der Waals surface area contributed by atoms with E-state index in [0.717, 1.165) is 29.7 Å². The molecule has 0 saturated heterocycles. The molecule has 2 atom stereocenters. The van der Waals surface area contributed by atoms with E-state index in [1.807, 2.05) is 19.1 Å². The predicted octanol–water partition coefficient (Wildman–Crippen LogP) is 2.99. The molecule has 1 aliphatic rings. The Morgan fingerprint density at radius 1 is 1.32 bits per heavy atom. The fourth-order valence-electron chi connectivity index (χ4n) is 2.78. The molecule has 1 fully saturated rings. The van der Waals surface area contributed by atoms with Crippen molar-refractivity contribution >= 4 is 5.91 Å². The fraction of sp³-hybridized carbons (Fsp3) is 0.333. The number of nitrogens with zero attached hydrogens (tertiary/aromatic N) is 1. The van der Waals surface area contributed by atoms with E-state index in [1.54, 1.807) is 18.3 Å². The van der Waals surface area contributed by atoms with Gasteiger partial charge in [0.1, 0.15) is 5.82 Å². The lowest BCUT2D eigenvalue weighted by atomic mass is 10.1. The van der Waals surface area contributed by atoms with Crippen LogP contribution in [0, 0.1) is 18.7 Å². The van der Waals surface area contributed by atoms with E-state index in [-0.39, 0.29) is 23.6 Å². The lowest BCUT2D eigenvalue weighted by Gasteiger charge is -2.06. The summed E-state index contributed by atoms with van der Waals surface area (Å²) in [5.74, 6) is 0.103. The van der Waals surface area contributed by atoms with Crippen LogP contribution in [-0.4, -0.2) is 17.4 Å². The highest BCUT2D eigenvalue weighted by Gasteiger charge is 2.43. The van der Waals surface area contributed by atoms with Gasteiger partial charge >= 0.3 is 0 Å². The zero-order valence-electron chi connectivity index (χ0n) is 12.6. The van der Waals surface area contributed by atoms with Crippen LogP contribution in [-0.2, 0) is 11.2 Å². The largest absolute Gasteiger partial charge is 0.355 e. The SMILES string of the molecule is Cc1cccnc1CCNC(=O)[C@@H]1C[C@H]1c1ccc(F)cc1. The summed E-state index contributed by atoms with van der Waals surface area (Å²) in [5.41, 5.74) is 3.21. The zero-order chi connectivity index (χ0) is 15.5. The first-order valence-corrected chi connectivity index (χ1v) is 7.59. The Morgan fingerprint density at radius 3 is 2.82 bits per heavy atom. The number of amides is 1. The van der Waals surface area contributed by atoms with Crippen LogP contribution < -0.4 is 5.32 Å². The van der Waals surface area contributed by atoms with Crippen molar-refractivity contribution in [2.45, 2.75) is 25.7 Å². The standard InChI is InChI=1S/C18H19FN2O/c1-12-3-2-9-20-17(12)8-10-21-18(22)16-11-15(16)13-4-6-14(19)7-5-13/h2-7,9,15-16H,8,10-11H2,1H3,(H,21,22)/t15-,16+/m0/s1. The maximum absolute atomic E-state index is 12.9. The predicted molar refractivity (Wildman–Crippen MR) is 82.9 cm³/mol. The van der Waals surface area contributed by atoms with Crippen molar-refractivity contribution in [2.24, 2.45) is 5.92 Å². The molecule has 1 heterocycles. The van der Waals surface area contributed by atoms with Crippen LogP contribution in [0.5, 0.6) is 0 Å². The van der Waals surface area contributed by atoms with E-state index in [1.165, 1.54) is 12.1 Å². The molecule has 0 unspecified atom stereocenters. The van der Waals surface area contributed by atoms with E-state index in [2.05, 4.69) is 10.3 Å². The molecule has 4 heteroatoms. The van der Waals surface area contributed by atoms with E-state index in [0.29, 0.717) is 6.54 Å². The van der Waals surface area contributed by atoms with Gasteiger partial charge in [-0.25, -0.2) is 4.39 Å². The van der Waals surface area contributed by atoms with E-state index in [4.69, 9.17) is 0 Å². The third-order valence-electron chi connectivity index (χ3n) is 4.20. The second-order valence-electron chi connectivity index (χ2n) is 5.81. The van der Waals surface area contributed by atoms with Crippen LogP contribution in [0.2, 0.25) is 0 Å². The van der Waals surface area contributed by atoms with Crippen LogP contribution in [0.3, 0.4) is 0 Å². The number of pyridine rings is 1. The summed E-state index contributed by atoms with van der Waals surface area (Å²) >= 11 is 0. The second-order valence-corrected chi connectivity index (χ2v) is 5.81. The first kappa shape index (κ1) is 14.7. The molecule has 1 saturated carbocycles. The van der Waals surface area contributed by atoms with E-state index < -0.39 is 0 Å². The first-order valence-electron chi connectivity index (χ1n) is 7.59. The molecule has 22 heavy (non-hydrogen) atoms. The molecule has 1 aromatic carbocycles. The molecule has 0 spiro atoms. The lowest BCUT2D eigenvalue weighted by Crippen LogP contribution is -2.27. The average molecular weight is 298 g/mol. The highest BCUT2D eigenvalue weighted by Crippen LogP contribution is 2.47. The van der Waals surface area contributed by atoms with Gasteiger partial charge in [-0.15, -0.1) is 0 Å². The molecule has 2 aromatic rings. The molecule has 0 aliphatic heterocycles. The number of rotatable bonds is 5. The summed E-state index contributed by atoms with van der Waals surface area (Å²) in [6.07, 6.45) is 3.36. The van der Waals surface area contributed by atoms with Crippen LogP contribution in [0.4, 0.5) is 4.39 Å². The van der Waals surface area contributed by atoms with Gasteiger partial charge < -0.3 is 5.32 Å². The monoisotopic (exact) mass is 298 g/mol. The molecular formula is C18H19FN2O. The third kappa shape index (κ3) is 3.32. The molecule has 1 amide bonds. The fourth-order valence-corrected chi connectivity index (χ4v) is 2.78. The Kier molecular flexibility index (Phi) is 4.18. The van der Waals surface area contributed by atoms with E-state index in [9.17, 15) is 9.18 Å². The van der Waals surface area contributed by atoms with Gasteiger partial charge in [0, 0.05) is 30.8 Å². The summed E-state index contributed by atoms with van der Waals surface area (Å²) in [6.45, 7) is 2.62. The van der Waals surface area contributed by atoms with Crippen molar-refractivity contribution in [3.63, 3.8) is 0 Å². The minimum Gasteiger partial charge on any atom is -0.355 e. The molecule has 0 radical (unpaired) electrons. The highest BCUT2D eigenvalue weighted by molar-refractivity contribution is 5.82. The normalized spacial score (nSPS) is 19.7. The van der Waals surface area contributed by atoms with Crippen LogP contribution >= 0.6 is 0 Å². The van der Waals surface area contributed by atoms with Gasteiger partial charge in [0.15, 0.2) is 0 Å². The van der Waals surface area contributed by atoms with Gasteiger partial charge in [-0.3, -0.25) is 9.78 Å². The molecule has 1 N–H and O–H groups in total. The maximum atomic E-state index is 12.9. The van der Waals surface area contributed by atoms with Crippen molar-refractivity contribution in [3.8, 4) is 0 Å². The van der Waals surface area contributed by atoms with Crippen molar-refractivity contribution in [3.05, 3.63) is 65.2 Å². The minimum atomic E-state index is -0.240. The Labute approximate surface area is 129 Å². The number of hydrogen-bond donors (Lipinski definition) is 1. The van der Waals surface area contributed by atoms with Crippen LogP contribution in [0.1, 0.15) is 29.2 Å². The zero-order valence-corrected chi connectivity index (χ0v) is 12.6. The van der Waals surface area contributed by atoms with Crippen LogP contribution in [0.15, 0.2) is 42.6 Å². The van der Waals surface area contributed by atoms with Crippen molar-refractivity contribution in [1.29, 1.82) is 0 Å². The van der Waals surface area contributed by atoms with Gasteiger partial charge in [0.05, 0.1) is 0 Å². The van der Waals surface area contributed by atoms with Gasteiger partial charge in [0.25, 0.3) is 0 Å². The Morgan fingerprint density at radius 2 is 2.09 bits per heavy atom. The number of halogens is 1. The molecular weight excluding hydrogens is 279 g/mol. The summed E-state index contributed by atoms with van der Waals surface area (Å²) in [6, 6.07) is 10.4. The van der Waals surface area contributed by atoms with Crippen molar-refractivity contribution in [2.75, 3.05) is 6.54 Å². The smallest absolute Gasteiger partial charge is 0.223 e. The maximum Gasteiger partial charge on any atom is 0.223 e. The number of aryl methyl sites for hydroxylation is 1. The van der Waals surface area contributed by atoms with Crippen molar-refractivity contribution < 1.29 is 9.18 Å². The number of carbonyl (C=O) groups excluding carboxylic acids is 1. The first-order chi connectivity index (χ1) is 10.6. The molecule has 1 aliphatic carbocycles. The number of carbonyl (C=O) groups is 1. The number of benzene rings is 1. The van der Waals surface area contributed by atoms with Gasteiger partial charge in [-0.05, 0) is 48.6 Å². The van der Waals surface area contributed by atoms with Gasteiger partial charge in [-0.1, -0.05) is 18.2 Å². The van der Waals surface area contributed by atoms with Gasteiger partial charge in [0.2, 0.25) is 5.91 Å². The molecule has 1 aromatic heterocycles. The molecule has 114 valence electrons. The average Bonchev–Trinajstić information content (AvgIpc) is 3.30.